The van der Waals surface area contributed by atoms with Gasteiger partial charge in [-0.2, -0.15) is 0 Å². The monoisotopic (exact) mass is 232 g/mol. The van der Waals surface area contributed by atoms with Gasteiger partial charge in [0.15, 0.2) is 0 Å². The van der Waals surface area contributed by atoms with Crippen LogP contribution in [0.25, 0.3) is 6.08 Å². The second-order valence-electron chi connectivity index (χ2n) is 4.21. The Kier molecular flexibility index (Phi) is 3.59. The molecule has 17 heavy (non-hydrogen) atoms. The van der Waals surface area contributed by atoms with Crippen LogP contribution < -0.4 is 0 Å². The highest BCUT2D eigenvalue weighted by atomic mass is 16.5. The van der Waals surface area contributed by atoms with Gasteiger partial charge in [0, 0.05) is 6.61 Å². The van der Waals surface area contributed by atoms with Crippen LogP contribution in [0.4, 0.5) is 0 Å². The Labute approximate surface area is 101 Å². The minimum absolute atomic E-state index is 0.102. The van der Waals surface area contributed by atoms with Crippen LogP contribution in [0, 0.1) is 0 Å². The molecule has 1 heterocycles. The number of benzene rings is 1. The molecule has 0 aromatic heterocycles. The molecule has 1 unspecified atom stereocenters. The molecule has 1 aromatic rings. The van der Waals surface area contributed by atoms with Gasteiger partial charge in [-0.3, -0.25) is 0 Å². The second-order valence-corrected chi connectivity index (χ2v) is 4.21. The van der Waals surface area contributed by atoms with E-state index in [1.54, 1.807) is 12.1 Å². The van der Waals surface area contributed by atoms with Crippen LogP contribution in [-0.2, 0) is 4.74 Å². The first-order valence-corrected chi connectivity index (χ1v) is 5.83. The summed E-state index contributed by atoms with van der Waals surface area (Å²) in [4.78, 5) is 11.0. The minimum Gasteiger partial charge on any atom is -0.478 e. The summed E-state index contributed by atoms with van der Waals surface area (Å²) in [6.45, 7) is 4.44. The molecule has 3 heteroatoms. The average molecular weight is 232 g/mol. The largest absolute Gasteiger partial charge is 0.478 e. The number of aromatic carboxylic acids is 1. The number of carboxylic acids is 1. The van der Waals surface area contributed by atoms with E-state index in [0.29, 0.717) is 11.1 Å². The van der Waals surface area contributed by atoms with Crippen LogP contribution in [0.15, 0.2) is 24.8 Å². The van der Waals surface area contributed by atoms with E-state index in [1.165, 1.54) is 0 Å². The predicted molar refractivity (Wildman–Crippen MR) is 66.0 cm³/mol. The summed E-state index contributed by atoms with van der Waals surface area (Å²) in [5.74, 6) is -0.920. The van der Waals surface area contributed by atoms with Gasteiger partial charge in [-0.05, 0) is 42.5 Å². The van der Waals surface area contributed by atoms with Gasteiger partial charge >= 0.3 is 5.97 Å². The van der Waals surface area contributed by atoms with Gasteiger partial charge in [0.25, 0.3) is 0 Å². The molecule has 1 fully saturated rings. The fraction of sp³-hybridized carbons (Fsp3) is 0.357. The van der Waals surface area contributed by atoms with Crippen LogP contribution in [0.5, 0.6) is 0 Å². The number of hydrogen-bond donors (Lipinski definition) is 1. The Bertz CT molecular complexity index is 431. The lowest BCUT2D eigenvalue weighted by Crippen LogP contribution is -2.12. The lowest BCUT2D eigenvalue weighted by Gasteiger charge is -2.23. The first-order chi connectivity index (χ1) is 8.22. The number of rotatable bonds is 3. The van der Waals surface area contributed by atoms with Gasteiger partial charge in [-0.1, -0.05) is 18.7 Å². The van der Waals surface area contributed by atoms with Gasteiger partial charge < -0.3 is 9.84 Å². The van der Waals surface area contributed by atoms with Gasteiger partial charge in [0.1, 0.15) is 0 Å². The maximum atomic E-state index is 11.0. The Morgan fingerprint density at radius 2 is 2.29 bits per heavy atom. The Morgan fingerprint density at radius 1 is 1.47 bits per heavy atom. The number of ether oxygens (including phenoxy) is 1. The topological polar surface area (TPSA) is 46.5 Å². The smallest absolute Gasteiger partial charge is 0.336 e. The number of hydrogen-bond acceptors (Lipinski definition) is 2. The highest BCUT2D eigenvalue weighted by Crippen LogP contribution is 2.29. The summed E-state index contributed by atoms with van der Waals surface area (Å²) in [7, 11) is 0. The van der Waals surface area contributed by atoms with Gasteiger partial charge in [-0.15, -0.1) is 0 Å². The molecule has 0 aliphatic carbocycles. The van der Waals surface area contributed by atoms with Crippen LogP contribution in [0.2, 0.25) is 0 Å². The first kappa shape index (κ1) is 11.9. The Hall–Kier alpha value is -1.61. The molecule has 0 spiro atoms. The third-order valence-electron chi connectivity index (χ3n) is 3.08. The lowest BCUT2D eigenvalue weighted by molar-refractivity contribution is 0.0149. The second kappa shape index (κ2) is 5.15. The molecule has 1 N–H and O–H groups in total. The molecule has 0 saturated carbocycles. The van der Waals surface area contributed by atoms with Crippen molar-refractivity contribution in [3.8, 4) is 0 Å². The maximum absolute atomic E-state index is 11.0. The van der Waals surface area contributed by atoms with Crippen molar-refractivity contribution in [1.29, 1.82) is 0 Å². The highest BCUT2D eigenvalue weighted by Gasteiger charge is 2.17. The van der Waals surface area contributed by atoms with Crippen LogP contribution in [0.3, 0.4) is 0 Å². The number of carboxylic acid groups (broad SMARTS) is 1. The van der Waals surface area contributed by atoms with Crippen LogP contribution in [-0.4, -0.2) is 17.7 Å². The molecular weight excluding hydrogens is 216 g/mol. The summed E-state index contributed by atoms with van der Waals surface area (Å²) in [5, 5.41) is 9.02. The molecule has 0 amide bonds. The third-order valence-corrected chi connectivity index (χ3v) is 3.08. The Balaban J connectivity index is 2.30. The van der Waals surface area contributed by atoms with Crippen molar-refractivity contribution < 1.29 is 14.6 Å². The molecule has 2 rings (SSSR count). The molecule has 1 aliphatic rings. The van der Waals surface area contributed by atoms with Crippen molar-refractivity contribution in [3.63, 3.8) is 0 Å². The molecule has 1 aromatic carbocycles. The zero-order chi connectivity index (χ0) is 12.3. The zero-order valence-corrected chi connectivity index (χ0v) is 9.69. The van der Waals surface area contributed by atoms with Crippen molar-refractivity contribution in [2.75, 3.05) is 6.61 Å². The van der Waals surface area contributed by atoms with Crippen LogP contribution in [0.1, 0.15) is 46.9 Å². The van der Waals surface area contributed by atoms with Crippen LogP contribution >= 0.6 is 0 Å². The van der Waals surface area contributed by atoms with Crippen molar-refractivity contribution in [2.24, 2.45) is 0 Å². The summed E-state index contributed by atoms with van der Waals surface area (Å²) in [6, 6.07) is 5.34. The standard InChI is InChI=1S/C14H16O3/c1-2-10-9-11(6-7-12(10)14(15)16)13-5-3-4-8-17-13/h2,6-7,9,13H,1,3-5,8H2,(H,15,16). The van der Waals surface area contributed by atoms with E-state index in [4.69, 9.17) is 9.84 Å². The SMILES string of the molecule is C=Cc1cc(C2CCCCO2)ccc1C(=O)O. The van der Waals surface area contributed by atoms with E-state index >= 15 is 0 Å². The van der Waals surface area contributed by atoms with E-state index in [2.05, 4.69) is 6.58 Å². The molecule has 90 valence electrons. The highest BCUT2D eigenvalue weighted by molar-refractivity contribution is 5.92. The lowest BCUT2D eigenvalue weighted by atomic mass is 9.97. The molecule has 0 bridgehead atoms. The molecule has 3 nitrogen and oxygen atoms in total. The summed E-state index contributed by atoms with van der Waals surface area (Å²) in [6.07, 6.45) is 4.95. The first-order valence-electron chi connectivity index (χ1n) is 5.83. The van der Waals surface area contributed by atoms with Crippen molar-refractivity contribution >= 4 is 12.0 Å². The van der Waals surface area contributed by atoms with Gasteiger partial charge in [0.2, 0.25) is 0 Å². The van der Waals surface area contributed by atoms with Gasteiger partial charge in [-0.25, -0.2) is 4.79 Å². The zero-order valence-electron chi connectivity index (χ0n) is 9.69. The van der Waals surface area contributed by atoms with Gasteiger partial charge in [0.05, 0.1) is 11.7 Å². The molecular formula is C14H16O3. The van der Waals surface area contributed by atoms with Crippen molar-refractivity contribution in [2.45, 2.75) is 25.4 Å². The number of carbonyl (C=O) groups is 1. The fourth-order valence-electron chi connectivity index (χ4n) is 2.15. The normalized spacial score (nSPS) is 19.9. The maximum Gasteiger partial charge on any atom is 0.336 e. The van der Waals surface area contributed by atoms with E-state index < -0.39 is 5.97 Å². The van der Waals surface area contributed by atoms with Crippen molar-refractivity contribution in [3.05, 3.63) is 41.5 Å². The molecule has 1 atom stereocenters. The van der Waals surface area contributed by atoms with E-state index in [0.717, 1.165) is 31.4 Å². The predicted octanol–water partition coefficient (Wildman–Crippen LogP) is 3.27. The summed E-state index contributed by atoms with van der Waals surface area (Å²) < 4.78 is 5.68. The summed E-state index contributed by atoms with van der Waals surface area (Å²) >= 11 is 0. The van der Waals surface area contributed by atoms with Crippen molar-refractivity contribution in [1.82, 2.24) is 0 Å². The fourth-order valence-corrected chi connectivity index (χ4v) is 2.15. The third kappa shape index (κ3) is 2.56. The van der Waals surface area contributed by atoms with E-state index in [1.807, 2.05) is 12.1 Å². The summed E-state index contributed by atoms with van der Waals surface area (Å²) in [5.41, 5.74) is 1.99. The average Bonchev–Trinajstić information content (AvgIpc) is 2.39. The quantitative estimate of drug-likeness (QED) is 0.870. The van der Waals surface area contributed by atoms with E-state index in [-0.39, 0.29) is 6.10 Å². The Morgan fingerprint density at radius 3 is 2.88 bits per heavy atom. The molecule has 1 aliphatic heterocycles. The minimum atomic E-state index is -0.920. The van der Waals surface area contributed by atoms with E-state index in [9.17, 15) is 4.79 Å². The molecule has 0 radical (unpaired) electrons. The molecule has 1 saturated heterocycles.